The predicted octanol–water partition coefficient (Wildman–Crippen LogP) is 6.29. The van der Waals surface area contributed by atoms with Crippen molar-refractivity contribution in [3.05, 3.63) is 82.5 Å². The van der Waals surface area contributed by atoms with Crippen LogP contribution in [-0.2, 0) is 0 Å². The smallest absolute Gasteiger partial charge is 0.337 e. The zero-order chi connectivity index (χ0) is 23.4. The Balaban J connectivity index is 1.51. The van der Waals surface area contributed by atoms with Crippen molar-refractivity contribution >= 4 is 29.2 Å². The third-order valence-electron chi connectivity index (χ3n) is 6.26. The Hall–Kier alpha value is -4.04. The quantitative estimate of drug-likeness (QED) is 0.294. The number of carbonyl (C=O) groups is 1. The molecular weight excluding hydrogens is 448 g/mol. The van der Waals surface area contributed by atoms with E-state index in [1.165, 1.54) is 0 Å². The third kappa shape index (κ3) is 3.34. The van der Waals surface area contributed by atoms with Crippen LogP contribution in [0.3, 0.4) is 0 Å². The number of aromatic nitrogens is 4. The number of aromatic amines is 1. The van der Waals surface area contributed by atoms with Crippen LogP contribution in [0.5, 0.6) is 0 Å². The van der Waals surface area contributed by atoms with Crippen molar-refractivity contribution in [2.75, 3.05) is 0 Å². The van der Waals surface area contributed by atoms with E-state index in [9.17, 15) is 9.90 Å². The fourth-order valence-electron chi connectivity index (χ4n) is 4.45. The molecule has 1 aliphatic carbocycles. The number of hydrogen-bond acceptors (Lipinski definition) is 5. The number of aryl methyl sites for hydroxylation is 1. The van der Waals surface area contributed by atoms with Crippen molar-refractivity contribution in [3.63, 3.8) is 0 Å². The van der Waals surface area contributed by atoms with Gasteiger partial charge in [-0.25, -0.2) is 14.9 Å². The van der Waals surface area contributed by atoms with Crippen molar-refractivity contribution in [1.29, 1.82) is 0 Å². The lowest BCUT2D eigenvalue weighted by molar-refractivity contribution is 0.0698. The molecule has 0 spiro atoms. The highest BCUT2D eigenvalue weighted by molar-refractivity contribution is 7.71. The highest BCUT2D eigenvalue weighted by Gasteiger charge is 2.32. The molecule has 5 aromatic rings. The average molecular weight is 469 g/mol. The van der Waals surface area contributed by atoms with Crippen LogP contribution in [0.15, 0.2) is 65.2 Å². The molecule has 1 aliphatic rings. The van der Waals surface area contributed by atoms with Crippen molar-refractivity contribution < 1.29 is 14.4 Å². The standard InChI is InChI=1S/C26H20N4O3S/c1-14-6-13-20(25(31)32)22-21(14)27-24(16-7-8-16)30(22)17-11-9-15(10-12-17)18-4-2-3-5-19(18)23-28-26(34)33-29-23/h2-6,9-13,16H,7-8H2,1H3,(H,31,32)(H,28,29,34). The van der Waals surface area contributed by atoms with Crippen LogP contribution in [0.25, 0.3) is 39.2 Å². The highest BCUT2D eigenvalue weighted by Crippen LogP contribution is 2.43. The molecule has 0 saturated heterocycles. The predicted molar refractivity (Wildman–Crippen MR) is 131 cm³/mol. The van der Waals surface area contributed by atoms with Crippen LogP contribution in [0.4, 0.5) is 0 Å². The second-order valence-electron chi connectivity index (χ2n) is 8.53. The second-order valence-corrected chi connectivity index (χ2v) is 8.88. The minimum atomic E-state index is -0.955. The van der Waals surface area contributed by atoms with Gasteiger partial charge in [0.1, 0.15) is 5.82 Å². The van der Waals surface area contributed by atoms with Gasteiger partial charge in [0, 0.05) is 17.2 Å². The van der Waals surface area contributed by atoms with Crippen molar-refractivity contribution in [1.82, 2.24) is 19.7 Å². The summed E-state index contributed by atoms with van der Waals surface area (Å²) in [6, 6.07) is 19.5. The Labute approximate surface area is 199 Å². The van der Waals surface area contributed by atoms with E-state index in [0.717, 1.165) is 52.1 Å². The van der Waals surface area contributed by atoms with Gasteiger partial charge in [-0.15, -0.1) is 0 Å². The Bertz CT molecular complexity index is 1620. The molecule has 1 fully saturated rings. The van der Waals surface area contributed by atoms with E-state index in [4.69, 9.17) is 21.7 Å². The van der Waals surface area contributed by atoms with Gasteiger partial charge >= 0.3 is 10.8 Å². The number of carboxylic acid groups (broad SMARTS) is 1. The molecule has 7 nitrogen and oxygen atoms in total. The molecule has 0 unspecified atom stereocenters. The Morgan fingerprint density at radius 2 is 1.79 bits per heavy atom. The number of nitrogens with zero attached hydrogens (tertiary/aromatic N) is 3. The zero-order valence-corrected chi connectivity index (χ0v) is 19.1. The van der Waals surface area contributed by atoms with Crippen LogP contribution in [0, 0.1) is 11.8 Å². The lowest BCUT2D eigenvalue weighted by Crippen LogP contribution is -2.05. The summed E-state index contributed by atoms with van der Waals surface area (Å²) in [5.41, 5.74) is 6.37. The van der Waals surface area contributed by atoms with Crippen LogP contribution >= 0.6 is 12.2 Å². The SMILES string of the molecule is Cc1ccc(C(=O)O)c2c1nc(C1CC1)n2-c1ccc(-c2ccccc2-c2nc(=S)o[nH]2)cc1. The highest BCUT2D eigenvalue weighted by atomic mass is 32.1. The lowest BCUT2D eigenvalue weighted by Gasteiger charge is -2.13. The summed E-state index contributed by atoms with van der Waals surface area (Å²) < 4.78 is 7.14. The van der Waals surface area contributed by atoms with E-state index in [0.29, 0.717) is 17.3 Å². The van der Waals surface area contributed by atoms with Crippen LogP contribution < -0.4 is 0 Å². The van der Waals surface area contributed by atoms with Gasteiger partial charge < -0.3 is 9.63 Å². The van der Waals surface area contributed by atoms with Crippen LogP contribution in [0.1, 0.15) is 40.5 Å². The van der Waals surface area contributed by atoms with Gasteiger partial charge in [0.05, 0.1) is 16.6 Å². The summed E-state index contributed by atoms with van der Waals surface area (Å²) in [4.78, 5) is 21.4. The summed E-state index contributed by atoms with van der Waals surface area (Å²) in [6.07, 6.45) is 2.13. The largest absolute Gasteiger partial charge is 0.478 e. The summed E-state index contributed by atoms with van der Waals surface area (Å²) in [7, 11) is 0. The van der Waals surface area contributed by atoms with Gasteiger partial charge in [0.25, 0.3) is 0 Å². The Morgan fingerprint density at radius 1 is 1.06 bits per heavy atom. The van der Waals surface area contributed by atoms with E-state index >= 15 is 0 Å². The summed E-state index contributed by atoms with van der Waals surface area (Å²) in [5.74, 6) is 0.895. The van der Waals surface area contributed by atoms with Crippen molar-refractivity contribution in [3.8, 4) is 28.2 Å². The number of imidazole rings is 1. The van der Waals surface area contributed by atoms with E-state index in [2.05, 4.69) is 10.1 Å². The molecule has 3 aromatic carbocycles. The summed E-state index contributed by atoms with van der Waals surface area (Å²) in [5, 5.41) is 12.7. The maximum Gasteiger partial charge on any atom is 0.337 e. The first-order valence-electron chi connectivity index (χ1n) is 11.0. The molecule has 0 bridgehead atoms. The number of hydrogen-bond donors (Lipinski definition) is 2. The van der Waals surface area contributed by atoms with Gasteiger partial charge in [0.2, 0.25) is 0 Å². The number of rotatable bonds is 5. The molecule has 1 saturated carbocycles. The third-order valence-corrected chi connectivity index (χ3v) is 6.44. The fraction of sp³-hybridized carbons (Fsp3) is 0.154. The number of nitrogens with one attached hydrogen (secondary N) is 1. The molecule has 0 amide bonds. The topological polar surface area (TPSA) is 96.9 Å². The Kier molecular flexibility index (Phi) is 4.70. The summed E-state index contributed by atoms with van der Waals surface area (Å²) in [6.45, 7) is 1.97. The maximum atomic E-state index is 12.1. The zero-order valence-electron chi connectivity index (χ0n) is 18.3. The van der Waals surface area contributed by atoms with Crippen molar-refractivity contribution in [2.45, 2.75) is 25.7 Å². The number of carboxylic acids is 1. The van der Waals surface area contributed by atoms with Gasteiger partial charge in [-0.05, 0) is 66.9 Å². The number of H-pyrrole nitrogens is 1. The van der Waals surface area contributed by atoms with Gasteiger partial charge in [-0.2, -0.15) is 4.98 Å². The molecule has 2 aromatic heterocycles. The monoisotopic (exact) mass is 468 g/mol. The molecule has 8 heteroatoms. The van der Waals surface area contributed by atoms with E-state index < -0.39 is 5.97 Å². The first-order chi connectivity index (χ1) is 16.5. The molecule has 6 rings (SSSR count). The number of fused-ring (bicyclic) bond motifs is 1. The van der Waals surface area contributed by atoms with E-state index in [-0.39, 0.29) is 10.4 Å². The Morgan fingerprint density at radius 3 is 2.44 bits per heavy atom. The lowest BCUT2D eigenvalue weighted by atomic mass is 9.99. The molecule has 34 heavy (non-hydrogen) atoms. The summed E-state index contributed by atoms with van der Waals surface area (Å²) >= 11 is 5.01. The first-order valence-corrected chi connectivity index (χ1v) is 11.4. The minimum Gasteiger partial charge on any atom is -0.478 e. The first kappa shape index (κ1) is 20.6. The molecule has 0 aliphatic heterocycles. The molecular formula is C26H20N4O3S. The maximum absolute atomic E-state index is 12.1. The van der Waals surface area contributed by atoms with E-state index in [1.54, 1.807) is 6.07 Å². The molecule has 168 valence electrons. The normalized spacial score (nSPS) is 13.4. The van der Waals surface area contributed by atoms with Gasteiger partial charge in [0.15, 0.2) is 5.82 Å². The van der Waals surface area contributed by atoms with E-state index in [1.807, 2.05) is 66.1 Å². The van der Waals surface area contributed by atoms with Gasteiger partial charge in [-0.3, -0.25) is 4.57 Å². The second kappa shape index (κ2) is 7.78. The number of benzene rings is 3. The van der Waals surface area contributed by atoms with Crippen LogP contribution in [-0.4, -0.2) is 30.8 Å². The fourth-order valence-corrected chi connectivity index (χ4v) is 4.58. The molecule has 0 radical (unpaired) electrons. The van der Waals surface area contributed by atoms with Gasteiger partial charge in [-0.1, -0.05) is 42.5 Å². The van der Waals surface area contributed by atoms with Crippen LogP contribution in [0.2, 0.25) is 0 Å². The average Bonchev–Trinajstić information content (AvgIpc) is 3.47. The van der Waals surface area contributed by atoms with Crippen molar-refractivity contribution in [2.24, 2.45) is 0 Å². The minimum absolute atomic E-state index is 0.157. The number of aromatic carboxylic acids is 1. The molecule has 0 atom stereocenters. The molecule has 2 N–H and O–H groups in total. The molecule has 2 heterocycles.